The fourth-order valence-electron chi connectivity index (χ4n) is 3.06. The van der Waals surface area contributed by atoms with Crippen LogP contribution in [-0.2, 0) is 25.6 Å². The number of thioether (sulfide) groups is 1. The second-order valence-corrected chi connectivity index (χ2v) is 9.59. The monoisotopic (exact) mass is 512 g/mol. The number of aliphatic hydroxyl groups excluding tert-OH is 1. The second-order valence-electron chi connectivity index (χ2n) is 8.61. The number of rotatable bonds is 14. The van der Waals surface area contributed by atoms with E-state index in [-0.39, 0.29) is 24.5 Å². The Morgan fingerprint density at radius 3 is 2.00 bits per heavy atom. The van der Waals surface area contributed by atoms with Gasteiger partial charge in [0.05, 0.1) is 12.1 Å². The van der Waals surface area contributed by atoms with Gasteiger partial charge in [0.1, 0.15) is 23.9 Å². The van der Waals surface area contributed by atoms with E-state index >= 15 is 0 Å². The third-order valence-corrected chi connectivity index (χ3v) is 5.96. The van der Waals surface area contributed by atoms with Crippen molar-refractivity contribution in [1.29, 1.82) is 0 Å². The Morgan fingerprint density at radius 1 is 0.943 bits per heavy atom. The average Bonchev–Trinajstić information content (AvgIpc) is 2.79. The Hall–Kier alpha value is -2.83. The van der Waals surface area contributed by atoms with E-state index in [1.807, 2.05) is 6.26 Å². The second kappa shape index (κ2) is 14.5. The van der Waals surface area contributed by atoms with Crippen molar-refractivity contribution in [3.63, 3.8) is 0 Å². The lowest BCUT2D eigenvalue weighted by Crippen LogP contribution is -2.60. The predicted octanol–water partition coefficient (Wildman–Crippen LogP) is -0.409. The van der Waals surface area contributed by atoms with E-state index in [1.165, 1.54) is 30.8 Å². The van der Waals surface area contributed by atoms with Crippen molar-refractivity contribution >= 4 is 35.5 Å². The summed E-state index contributed by atoms with van der Waals surface area (Å²) in [5.41, 5.74) is 6.41. The number of carboxylic acid groups (broad SMARTS) is 1. The molecule has 0 aliphatic carbocycles. The van der Waals surface area contributed by atoms with Crippen LogP contribution in [-0.4, -0.2) is 81.3 Å². The number of carbonyl (C=O) groups excluding carboxylic acids is 3. The summed E-state index contributed by atoms with van der Waals surface area (Å²) in [6.07, 6.45) is 0.661. The molecular formula is C23H36N4O7S. The van der Waals surface area contributed by atoms with Crippen LogP contribution in [0.25, 0.3) is 0 Å². The zero-order valence-corrected chi connectivity index (χ0v) is 21.2. The minimum Gasteiger partial charge on any atom is -0.508 e. The Morgan fingerprint density at radius 2 is 1.51 bits per heavy atom. The molecule has 0 radical (unpaired) electrons. The number of aliphatic hydroxyl groups is 1. The Labute approximate surface area is 209 Å². The van der Waals surface area contributed by atoms with Crippen LogP contribution in [0.1, 0.15) is 32.8 Å². The van der Waals surface area contributed by atoms with Crippen molar-refractivity contribution in [2.45, 2.75) is 63.9 Å². The van der Waals surface area contributed by atoms with Crippen LogP contribution in [0.5, 0.6) is 5.75 Å². The number of nitrogens with two attached hydrogens (primary N) is 1. The molecule has 35 heavy (non-hydrogen) atoms. The number of hydrogen-bond donors (Lipinski definition) is 7. The molecule has 0 bridgehead atoms. The van der Waals surface area contributed by atoms with Crippen molar-refractivity contribution in [1.82, 2.24) is 16.0 Å². The average molecular weight is 513 g/mol. The molecular weight excluding hydrogens is 476 g/mol. The molecule has 0 aromatic heterocycles. The van der Waals surface area contributed by atoms with Gasteiger partial charge < -0.3 is 37.0 Å². The number of benzene rings is 1. The van der Waals surface area contributed by atoms with Gasteiger partial charge >= 0.3 is 5.97 Å². The van der Waals surface area contributed by atoms with Gasteiger partial charge in [-0.1, -0.05) is 26.0 Å². The molecule has 0 heterocycles. The zero-order chi connectivity index (χ0) is 26.7. The van der Waals surface area contributed by atoms with Crippen molar-refractivity contribution in [3.8, 4) is 5.75 Å². The van der Waals surface area contributed by atoms with E-state index in [0.717, 1.165) is 0 Å². The molecule has 12 heteroatoms. The molecule has 1 aromatic carbocycles. The first kappa shape index (κ1) is 30.2. The lowest BCUT2D eigenvalue weighted by molar-refractivity contribution is -0.142. The van der Waals surface area contributed by atoms with Crippen LogP contribution in [0.3, 0.4) is 0 Å². The number of hydrogen-bond acceptors (Lipinski definition) is 8. The number of amides is 3. The van der Waals surface area contributed by atoms with Gasteiger partial charge in [0.25, 0.3) is 0 Å². The normalized spacial score (nSPS) is 15.4. The number of carbonyl (C=O) groups is 4. The van der Waals surface area contributed by atoms with Gasteiger partial charge in [-0.3, -0.25) is 14.4 Å². The predicted molar refractivity (Wildman–Crippen MR) is 133 cm³/mol. The summed E-state index contributed by atoms with van der Waals surface area (Å²) in [7, 11) is 0. The van der Waals surface area contributed by atoms with Gasteiger partial charge in [-0.15, -0.1) is 0 Å². The maximum atomic E-state index is 13.0. The highest BCUT2D eigenvalue weighted by Gasteiger charge is 2.33. The van der Waals surface area contributed by atoms with Crippen LogP contribution >= 0.6 is 11.8 Å². The topological polar surface area (TPSA) is 191 Å². The molecule has 0 aliphatic rings. The Kier molecular flexibility index (Phi) is 12.5. The highest BCUT2D eigenvalue weighted by Crippen LogP contribution is 2.12. The largest absolute Gasteiger partial charge is 0.508 e. The van der Waals surface area contributed by atoms with E-state index in [9.17, 15) is 34.5 Å². The highest BCUT2D eigenvalue weighted by atomic mass is 32.2. The summed E-state index contributed by atoms with van der Waals surface area (Å²) in [6.45, 7) is 4.77. The first-order valence-electron chi connectivity index (χ1n) is 11.2. The number of aliphatic carboxylic acids is 1. The number of phenols is 1. The molecule has 5 unspecified atom stereocenters. The molecule has 8 N–H and O–H groups in total. The minimum absolute atomic E-state index is 0.0140. The van der Waals surface area contributed by atoms with Gasteiger partial charge in [-0.2, -0.15) is 11.8 Å². The van der Waals surface area contributed by atoms with Crippen LogP contribution in [0, 0.1) is 5.92 Å². The van der Waals surface area contributed by atoms with E-state index in [1.54, 1.807) is 26.0 Å². The molecule has 0 spiro atoms. The third kappa shape index (κ3) is 10.1. The van der Waals surface area contributed by atoms with Crippen molar-refractivity contribution < 1.29 is 34.5 Å². The van der Waals surface area contributed by atoms with Gasteiger partial charge in [0.2, 0.25) is 17.7 Å². The smallest absolute Gasteiger partial charge is 0.326 e. The third-order valence-electron chi connectivity index (χ3n) is 5.32. The summed E-state index contributed by atoms with van der Waals surface area (Å²) in [6, 6.07) is 1.25. The van der Waals surface area contributed by atoms with E-state index in [0.29, 0.717) is 11.3 Å². The lowest BCUT2D eigenvalue weighted by Gasteiger charge is -2.27. The zero-order valence-electron chi connectivity index (χ0n) is 20.4. The van der Waals surface area contributed by atoms with Gasteiger partial charge in [-0.05, 0) is 49.0 Å². The highest BCUT2D eigenvalue weighted by molar-refractivity contribution is 7.98. The first-order valence-corrected chi connectivity index (χ1v) is 12.6. The van der Waals surface area contributed by atoms with Crippen molar-refractivity contribution in [2.75, 3.05) is 12.0 Å². The van der Waals surface area contributed by atoms with Crippen LogP contribution in [0.2, 0.25) is 0 Å². The molecule has 1 rings (SSSR count). The molecule has 0 saturated heterocycles. The van der Waals surface area contributed by atoms with Gasteiger partial charge in [0, 0.05) is 6.42 Å². The van der Waals surface area contributed by atoms with E-state index < -0.39 is 54.0 Å². The number of phenolic OH excluding ortho intramolecular Hbond substituents is 1. The maximum absolute atomic E-state index is 13.0. The standard InChI is InChI=1S/C23H36N4O7S/c1-12(2)18(24)21(31)27-19(13(3)28)22(32)26-17(11-14-5-7-15(29)8-6-14)20(30)25-16(23(33)34)9-10-35-4/h5-8,12-13,16-19,28-29H,9-11,24H2,1-4H3,(H,25,30)(H,26,32)(H,27,31)(H,33,34). The molecule has 3 amide bonds. The quantitative estimate of drug-likeness (QED) is 0.174. The molecule has 196 valence electrons. The van der Waals surface area contributed by atoms with E-state index in [4.69, 9.17) is 5.73 Å². The van der Waals surface area contributed by atoms with Gasteiger partial charge in [-0.25, -0.2) is 4.79 Å². The summed E-state index contributed by atoms with van der Waals surface area (Å²) in [5, 5.41) is 36.5. The molecule has 1 aromatic rings. The molecule has 0 saturated carbocycles. The summed E-state index contributed by atoms with van der Waals surface area (Å²) in [5.74, 6) is -3.12. The van der Waals surface area contributed by atoms with Crippen molar-refractivity contribution in [2.24, 2.45) is 11.7 Å². The lowest BCUT2D eigenvalue weighted by atomic mass is 10.0. The van der Waals surface area contributed by atoms with Crippen LogP contribution in [0.15, 0.2) is 24.3 Å². The van der Waals surface area contributed by atoms with Crippen LogP contribution < -0.4 is 21.7 Å². The summed E-state index contributed by atoms with van der Waals surface area (Å²) in [4.78, 5) is 50.0. The SMILES string of the molecule is CSCCC(NC(=O)C(Cc1ccc(O)cc1)NC(=O)C(NC(=O)C(N)C(C)C)C(C)O)C(=O)O. The van der Waals surface area contributed by atoms with Crippen molar-refractivity contribution in [3.05, 3.63) is 29.8 Å². The Bertz CT molecular complexity index is 864. The van der Waals surface area contributed by atoms with E-state index in [2.05, 4.69) is 16.0 Å². The summed E-state index contributed by atoms with van der Waals surface area (Å²) < 4.78 is 0. The van der Waals surface area contributed by atoms with Crippen LogP contribution in [0.4, 0.5) is 0 Å². The fraction of sp³-hybridized carbons (Fsp3) is 0.565. The Balaban J connectivity index is 3.12. The number of aromatic hydroxyl groups is 1. The fourth-order valence-corrected chi connectivity index (χ4v) is 3.53. The molecule has 11 nitrogen and oxygen atoms in total. The minimum atomic E-state index is -1.39. The maximum Gasteiger partial charge on any atom is 0.326 e. The summed E-state index contributed by atoms with van der Waals surface area (Å²) >= 11 is 1.43. The molecule has 0 aliphatic heterocycles. The van der Waals surface area contributed by atoms with Gasteiger partial charge in [0.15, 0.2) is 0 Å². The number of carboxylic acids is 1. The molecule has 5 atom stereocenters. The number of nitrogens with one attached hydrogen (secondary N) is 3. The molecule has 0 fully saturated rings. The first-order chi connectivity index (χ1) is 16.4.